The summed E-state index contributed by atoms with van der Waals surface area (Å²) in [6, 6.07) is 12.8. The zero-order chi connectivity index (χ0) is 16.8. The van der Waals surface area contributed by atoms with Crippen LogP contribution >= 0.6 is 31.9 Å². The Labute approximate surface area is 157 Å². The number of aldehydes is 2. The minimum absolute atomic E-state index is 0.244. The van der Waals surface area contributed by atoms with Gasteiger partial charge in [-0.3, -0.25) is 0 Å². The van der Waals surface area contributed by atoms with Gasteiger partial charge in [-0.1, -0.05) is 68.3 Å². The van der Waals surface area contributed by atoms with Crippen molar-refractivity contribution in [3.05, 3.63) is 69.8 Å². The lowest BCUT2D eigenvalue weighted by Crippen LogP contribution is -2.25. The molecular formula is C20H16Br2O2. The fourth-order valence-electron chi connectivity index (χ4n) is 4.22. The zero-order valence-electron chi connectivity index (χ0n) is 12.9. The van der Waals surface area contributed by atoms with E-state index in [-0.39, 0.29) is 9.65 Å². The van der Waals surface area contributed by atoms with Crippen LogP contribution in [-0.4, -0.2) is 12.6 Å². The second-order valence-corrected chi connectivity index (χ2v) is 8.51. The first-order chi connectivity index (χ1) is 11.6. The molecule has 2 aromatic rings. The average Bonchev–Trinajstić information content (AvgIpc) is 2.66. The van der Waals surface area contributed by atoms with E-state index in [2.05, 4.69) is 68.3 Å². The smallest absolute Gasteiger partial charge is 0.138 e. The van der Waals surface area contributed by atoms with Crippen LogP contribution in [0.4, 0.5) is 0 Å². The maximum Gasteiger partial charge on any atom is 0.138 e. The van der Waals surface area contributed by atoms with Crippen LogP contribution in [0.5, 0.6) is 0 Å². The minimum atomic E-state index is -0.244. The van der Waals surface area contributed by atoms with Crippen molar-refractivity contribution < 1.29 is 9.59 Å². The van der Waals surface area contributed by atoms with Crippen LogP contribution in [0.2, 0.25) is 0 Å². The number of hydrogen-bond acceptors (Lipinski definition) is 2. The lowest BCUT2D eigenvalue weighted by Gasteiger charge is -2.41. The maximum absolute atomic E-state index is 11.1. The highest BCUT2D eigenvalue weighted by molar-refractivity contribution is 9.09. The second-order valence-electron chi connectivity index (χ2n) is 6.53. The molecule has 3 aliphatic rings. The van der Waals surface area contributed by atoms with Gasteiger partial charge in [-0.25, -0.2) is 0 Å². The molecule has 0 aliphatic heterocycles. The Kier molecular flexibility index (Phi) is 4.21. The number of halogens is 2. The lowest BCUT2D eigenvalue weighted by molar-refractivity contribution is -0.108. The number of rotatable bonds is 4. The maximum atomic E-state index is 11.1. The Bertz CT molecular complexity index is 761. The average molecular weight is 448 g/mol. The van der Waals surface area contributed by atoms with Crippen LogP contribution in [0.25, 0.3) is 0 Å². The van der Waals surface area contributed by atoms with Gasteiger partial charge in [0.05, 0.1) is 9.65 Å². The fraction of sp³-hybridized carbons (Fsp3) is 0.300. The molecule has 0 saturated heterocycles. The van der Waals surface area contributed by atoms with E-state index in [1.807, 2.05) is 0 Å². The van der Waals surface area contributed by atoms with Gasteiger partial charge in [0.2, 0.25) is 0 Å². The molecule has 0 aromatic heterocycles. The van der Waals surface area contributed by atoms with Crippen molar-refractivity contribution in [1.82, 2.24) is 0 Å². The Hall–Kier alpha value is -1.26. The molecule has 2 nitrogen and oxygen atoms in total. The topological polar surface area (TPSA) is 34.1 Å². The molecule has 4 atom stereocenters. The Morgan fingerprint density at radius 2 is 1.17 bits per heavy atom. The molecule has 2 aromatic carbocycles. The van der Waals surface area contributed by atoms with E-state index in [9.17, 15) is 9.59 Å². The molecule has 2 bridgehead atoms. The molecule has 0 amide bonds. The second kappa shape index (κ2) is 6.23. The predicted molar refractivity (Wildman–Crippen MR) is 101 cm³/mol. The molecule has 0 spiro atoms. The third-order valence-electron chi connectivity index (χ3n) is 5.34. The van der Waals surface area contributed by atoms with E-state index in [1.165, 1.54) is 22.3 Å². The van der Waals surface area contributed by atoms with Crippen molar-refractivity contribution in [2.24, 2.45) is 0 Å². The van der Waals surface area contributed by atoms with Crippen LogP contribution in [0.15, 0.2) is 36.4 Å². The monoisotopic (exact) mass is 446 g/mol. The number of fused-ring (bicyclic) bond motifs is 1. The molecule has 3 aliphatic carbocycles. The Morgan fingerprint density at radius 3 is 1.54 bits per heavy atom. The lowest BCUT2D eigenvalue weighted by atomic mass is 9.63. The van der Waals surface area contributed by atoms with Crippen LogP contribution in [0.3, 0.4) is 0 Å². The largest absolute Gasteiger partial charge is 0.302 e. The summed E-state index contributed by atoms with van der Waals surface area (Å²) in [5.74, 6) is 0.788. The van der Waals surface area contributed by atoms with E-state index in [1.54, 1.807) is 0 Å². The minimum Gasteiger partial charge on any atom is -0.302 e. The van der Waals surface area contributed by atoms with Gasteiger partial charge in [0, 0.05) is 11.8 Å². The highest BCUT2D eigenvalue weighted by atomic mass is 79.9. The van der Waals surface area contributed by atoms with E-state index in [0.29, 0.717) is 11.8 Å². The van der Waals surface area contributed by atoms with Gasteiger partial charge in [-0.2, -0.15) is 0 Å². The van der Waals surface area contributed by atoms with Gasteiger partial charge in [0.15, 0.2) is 0 Å². The van der Waals surface area contributed by atoms with Gasteiger partial charge in [0.25, 0.3) is 0 Å². The van der Waals surface area contributed by atoms with Crippen molar-refractivity contribution in [2.75, 3.05) is 0 Å². The number of carbonyl (C=O) groups is 2. The van der Waals surface area contributed by atoms with E-state index in [0.717, 1.165) is 36.5 Å². The summed E-state index contributed by atoms with van der Waals surface area (Å²) in [5.41, 5.74) is 7.53. The Morgan fingerprint density at radius 1 is 0.750 bits per heavy atom. The van der Waals surface area contributed by atoms with Gasteiger partial charge < -0.3 is 9.59 Å². The zero-order valence-corrected chi connectivity index (χ0v) is 16.1. The third kappa shape index (κ3) is 2.42. The van der Waals surface area contributed by atoms with Crippen molar-refractivity contribution in [3.8, 4) is 0 Å². The van der Waals surface area contributed by atoms with E-state index in [4.69, 9.17) is 0 Å². The highest BCUT2D eigenvalue weighted by Gasteiger charge is 2.37. The first-order valence-electron chi connectivity index (χ1n) is 8.10. The van der Waals surface area contributed by atoms with Gasteiger partial charge in [-0.05, 0) is 46.2 Å². The predicted octanol–water partition coefficient (Wildman–Crippen LogP) is 5.33. The van der Waals surface area contributed by atoms with Crippen LogP contribution in [-0.2, 0) is 9.59 Å². The summed E-state index contributed by atoms with van der Waals surface area (Å²) < 4.78 is 0. The van der Waals surface area contributed by atoms with Crippen molar-refractivity contribution >= 4 is 44.4 Å². The summed E-state index contributed by atoms with van der Waals surface area (Å²) >= 11 is 6.85. The SMILES string of the molecule is O=CC(Br)c1ccc2c(c1)C1CCC2c2cc(C(Br)C=O)ccc21. The molecule has 4 unspecified atom stereocenters. The molecule has 4 heteroatoms. The normalized spacial score (nSPS) is 23.1. The fourth-order valence-corrected chi connectivity index (χ4v) is 4.78. The molecular weight excluding hydrogens is 432 g/mol. The number of alkyl halides is 2. The molecule has 0 N–H and O–H groups in total. The standard InChI is InChI=1S/C20H16Br2O2/c21-19(9-23)11-1-3-13-15-5-6-16(17(13)7-11)14-4-2-12(8-18(14)15)20(22)10-24/h1-4,7-10,15-16,19-20H,5-6H2. The summed E-state index contributed by atoms with van der Waals surface area (Å²) in [4.78, 5) is 21.7. The van der Waals surface area contributed by atoms with Crippen LogP contribution in [0, 0.1) is 0 Å². The molecule has 122 valence electrons. The number of carbonyl (C=O) groups excluding carboxylic acids is 2. The summed E-state index contributed by atoms with van der Waals surface area (Å²) in [5, 5.41) is 0. The summed E-state index contributed by atoms with van der Waals surface area (Å²) in [7, 11) is 0. The third-order valence-corrected chi connectivity index (χ3v) is 6.83. The van der Waals surface area contributed by atoms with Crippen LogP contribution in [0.1, 0.15) is 67.7 Å². The molecule has 24 heavy (non-hydrogen) atoms. The van der Waals surface area contributed by atoms with E-state index >= 15 is 0 Å². The molecule has 0 saturated carbocycles. The van der Waals surface area contributed by atoms with Crippen molar-refractivity contribution in [3.63, 3.8) is 0 Å². The summed E-state index contributed by atoms with van der Waals surface area (Å²) in [6.07, 6.45) is 4.15. The number of benzene rings is 2. The van der Waals surface area contributed by atoms with E-state index < -0.39 is 0 Å². The van der Waals surface area contributed by atoms with Gasteiger partial charge >= 0.3 is 0 Å². The molecule has 0 heterocycles. The number of hydrogen-bond donors (Lipinski definition) is 0. The Balaban J connectivity index is 1.82. The highest BCUT2D eigenvalue weighted by Crippen LogP contribution is 2.53. The first kappa shape index (κ1) is 16.2. The molecule has 0 radical (unpaired) electrons. The van der Waals surface area contributed by atoms with Gasteiger partial charge in [0.1, 0.15) is 12.6 Å². The summed E-state index contributed by atoms with van der Waals surface area (Å²) in [6.45, 7) is 0. The van der Waals surface area contributed by atoms with Crippen molar-refractivity contribution in [1.29, 1.82) is 0 Å². The quantitative estimate of drug-likeness (QED) is 0.469. The molecule has 5 rings (SSSR count). The van der Waals surface area contributed by atoms with Gasteiger partial charge in [-0.15, -0.1) is 0 Å². The first-order valence-corrected chi connectivity index (χ1v) is 9.93. The van der Waals surface area contributed by atoms with Crippen molar-refractivity contribution in [2.45, 2.75) is 34.3 Å². The van der Waals surface area contributed by atoms with Crippen LogP contribution < -0.4 is 0 Å². The molecule has 0 fully saturated rings.